The summed E-state index contributed by atoms with van der Waals surface area (Å²) < 4.78 is 6.82. The number of carbonyl (C=O) groups excluding carboxylic acids is 4. The smallest absolute Gasteiger partial charge is 0.496 e. The van der Waals surface area contributed by atoms with Gasteiger partial charge in [0.25, 0.3) is 0 Å². The van der Waals surface area contributed by atoms with Crippen LogP contribution in [0.5, 0.6) is 5.75 Å². The third-order valence-corrected chi connectivity index (χ3v) is 8.26. The van der Waals surface area contributed by atoms with Crippen molar-refractivity contribution in [2.45, 2.75) is 25.4 Å². The highest BCUT2D eigenvalue weighted by molar-refractivity contribution is 6.39. The van der Waals surface area contributed by atoms with Gasteiger partial charge in [-0.05, 0) is 18.6 Å². The first kappa shape index (κ1) is 31.0. The van der Waals surface area contributed by atoms with Crippen molar-refractivity contribution in [1.82, 2.24) is 25.5 Å². The molecule has 1 saturated heterocycles. The summed E-state index contributed by atoms with van der Waals surface area (Å²) in [5.74, 6) is -1.80. The van der Waals surface area contributed by atoms with Gasteiger partial charge in [0.05, 0.1) is 54.5 Å². The van der Waals surface area contributed by atoms with E-state index in [0.717, 1.165) is 16.9 Å². The second-order valence-corrected chi connectivity index (χ2v) is 11.2. The standard InChI is InChI=1S/C30H29Cl2N7O5/c1-38-14-20(29(42)39(2)30(38)43)28(41)37-21-6-4-5-19(24(21)31)27-25(32)26(34-15-35-27)16-7-8-17(22(11-16)44-3)12-33-13-18-9-10-23(40)36-18/h4-8,11,14-15,18,20,33H,9-10,12-13H2,1-3H3,(H-,36,37,40,41)/p+1/t18-,20?/m0/s1. The molecule has 2 atom stereocenters. The second-order valence-electron chi connectivity index (χ2n) is 10.4. The molecule has 2 aromatic carbocycles. The molecule has 3 aromatic rings. The van der Waals surface area contributed by atoms with E-state index in [-0.39, 0.29) is 27.7 Å². The summed E-state index contributed by atoms with van der Waals surface area (Å²) in [6.07, 6.45) is 3.99. The molecule has 0 spiro atoms. The molecule has 12 nitrogen and oxygen atoms in total. The summed E-state index contributed by atoms with van der Waals surface area (Å²) in [4.78, 5) is 58.8. The molecule has 3 heterocycles. The SMILES string of the molecule is COc1cc(-c2ncnc(-c3cccc(NC(=O)C4C=[N+](C)C(=O)N(C)C4=O)c3Cl)c2Cl)ccc1CNC[C@@H]1CCC(=O)N1. The lowest BCUT2D eigenvalue weighted by molar-refractivity contribution is -0.400. The molecule has 228 valence electrons. The van der Waals surface area contributed by atoms with Crippen molar-refractivity contribution in [1.29, 1.82) is 0 Å². The summed E-state index contributed by atoms with van der Waals surface area (Å²) in [5.41, 5.74) is 3.08. The summed E-state index contributed by atoms with van der Waals surface area (Å²) >= 11 is 13.6. The van der Waals surface area contributed by atoms with Gasteiger partial charge in [0.2, 0.25) is 11.8 Å². The van der Waals surface area contributed by atoms with Gasteiger partial charge in [-0.1, -0.05) is 47.5 Å². The molecule has 5 rings (SSSR count). The van der Waals surface area contributed by atoms with E-state index in [9.17, 15) is 19.2 Å². The van der Waals surface area contributed by atoms with Crippen LogP contribution in [0.4, 0.5) is 10.5 Å². The minimum Gasteiger partial charge on any atom is -0.496 e. The van der Waals surface area contributed by atoms with Gasteiger partial charge in [-0.25, -0.2) is 19.3 Å². The number of halogens is 2. The van der Waals surface area contributed by atoms with Crippen LogP contribution in [0, 0.1) is 5.92 Å². The Kier molecular flexibility index (Phi) is 9.23. The topological polar surface area (TPSA) is 146 Å². The molecular weight excluding hydrogens is 609 g/mol. The van der Waals surface area contributed by atoms with Crippen LogP contribution in [0.1, 0.15) is 18.4 Å². The van der Waals surface area contributed by atoms with E-state index in [1.165, 1.54) is 31.2 Å². The zero-order valence-corrected chi connectivity index (χ0v) is 25.7. The summed E-state index contributed by atoms with van der Waals surface area (Å²) in [5, 5.41) is 9.38. The number of hydrogen-bond acceptors (Lipinski definition) is 8. The van der Waals surface area contributed by atoms with Crippen molar-refractivity contribution in [2.75, 3.05) is 33.1 Å². The van der Waals surface area contributed by atoms with Gasteiger partial charge in [-0.2, -0.15) is 9.69 Å². The zero-order valence-electron chi connectivity index (χ0n) is 24.2. The van der Waals surface area contributed by atoms with Crippen LogP contribution in [-0.4, -0.2) is 83.2 Å². The van der Waals surface area contributed by atoms with E-state index >= 15 is 0 Å². The number of rotatable bonds is 9. The van der Waals surface area contributed by atoms with E-state index in [1.54, 1.807) is 25.3 Å². The highest BCUT2D eigenvalue weighted by Gasteiger charge is 2.43. The van der Waals surface area contributed by atoms with E-state index in [2.05, 4.69) is 25.9 Å². The summed E-state index contributed by atoms with van der Waals surface area (Å²) in [6, 6.07) is 10.2. The molecule has 0 radical (unpaired) electrons. The van der Waals surface area contributed by atoms with Crippen LogP contribution < -0.4 is 20.7 Å². The Hall–Kier alpha value is -4.39. The molecule has 2 aliphatic rings. The van der Waals surface area contributed by atoms with Crippen LogP contribution in [0.3, 0.4) is 0 Å². The summed E-state index contributed by atoms with van der Waals surface area (Å²) in [7, 11) is 4.36. The van der Waals surface area contributed by atoms with Crippen molar-refractivity contribution in [3.8, 4) is 28.3 Å². The molecule has 1 aromatic heterocycles. The minimum absolute atomic E-state index is 0.0759. The number of ether oxygens (including phenoxy) is 1. The Morgan fingerprint density at radius 2 is 1.91 bits per heavy atom. The maximum atomic E-state index is 13.0. The molecule has 44 heavy (non-hydrogen) atoms. The molecular formula is C30H30Cl2N7O5+. The Bertz CT molecular complexity index is 1700. The molecule has 3 N–H and O–H groups in total. The third-order valence-electron chi connectivity index (χ3n) is 7.49. The molecule has 0 bridgehead atoms. The number of hydrogen-bond donors (Lipinski definition) is 3. The third kappa shape index (κ3) is 6.28. The number of amides is 5. The number of carbonyl (C=O) groups is 4. The van der Waals surface area contributed by atoms with E-state index < -0.39 is 23.8 Å². The number of anilines is 1. The molecule has 14 heteroatoms. The lowest BCUT2D eigenvalue weighted by Crippen LogP contribution is -2.51. The van der Waals surface area contributed by atoms with Crippen molar-refractivity contribution < 1.29 is 28.5 Å². The molecule has 1 unspecified atom stereocenters. The van der Waals surface area contributed by atoms with Crippen LogP contribution in [0.25, 0.3) is 22.5 Å². The van der Waals surface area contributed by atoms with Crippen LogP contribution in [0.15, 0.2) is 42.7 Å². The fourth-order valence-electron chi connectivity index (χ4n) is 5.10. The maximum Gasteiger partial charge on any atom is 0.499 e. The number of urea groups is 1. The average molecular weight is 640 g/mol. The molecule has 5 amide bonds. The first-order valence-corrected chi connectivity index (χ1v) is 14.5. The lowest BCUT2D eigenvalue weighted by Gasteiger charge is -2.19. The normalized spacial score (nSPS) is 18.2. The fourth-order valence-corrected chi connectivity index (χ4v) is 5.67. The molecule has 2 aliphatic heterocycles. The molecule has 0 saturated carbocycles. The first-order valence-electron chi connectivity index (χ1n) is 13.8. The highest BCUT2D eigenvalue weighted by atomic mass is 35.5. The lowest BCUT2D eigenvalue weighted by atomic mass is 10.0. The van der Waals surface area contributed by atoms with Gasteiger partial charge in [0.15, 0.2) is 5.92 Å². The van der Waals surface area contributed by atoms with Crippen LogP contribution >= 0.6 is 23.2 Å². The van der Waals surface area contributed by atoms with E-state index in [4.69, 9.17) is 27.9 Å². The van der Waals surface area contributed by atoms with Crippen molar-refractivity contribution in [3.05, 3.63) is 58.3 Å². The van der Waals surface area contributed by atoms with Crippen LogP contribution in [-0.2, 0) is 20.9 Å². The maximum absolute atomic E-state index is 13.0. The molecule has 0 aliphatic carbocycles. The van der Waals surface area contributed by atoms with Gasteiger partial charge in [-0.15, -0.1) is 0 Å². The van der Waals surface area contributed by atoms with Crippen molar-refractivity contribution in [2.24, 2.45) is 5.92 Å². The van der Waals surface area contributed by atoms with Crippen LogP contribution in [0.2, 0.25) is 10.0 Å². The van der Waals surface area contributed by atoms with Gasteiger partial charge in [0, 0.05) is 42.2 Å². The Labute approximate surface area is 263 Å². The first-order chi connectivity index (χ1) is 21.1. The van der Waals surface area contributed by atoms with Gasteiger partial charge in [0.1, 0.15) is 12.1 Å². The van der Waals surface area contributed by atoms with Crippen molar-refractivity contribution in [3.63, 3.8) is 0 Å². The predicted octanol–water partition coefficient (Wildman–Crippen LogP) is 3.35. The zero-order chi connectivity index (χ0) is 31.5. The minimum atomic E-state index is -1.21. The number of benzene rings is 2. The Morgan fingerprint density at radius 1 is 1.14 bits per heavy atom. The van der Waals surface area contributed by atoms with Gasteiger partial charge < -0.3 is 20.7 Å². The Morgan fingerprint density at radius 3 is 2.64 bits per heavy atom. The quantitative estimate of drug-likeness (QED) is 0.239. The summed E-state index contributed by atoms with van der Waals surface area (Å²) in [6.45, 7) is 1.20. The monoisotopic (exact) mass is 638 g/mol. The Balaban J connectivity index is 1.37. The molecule has 1 fully saturated rings. The number of imide groups is 1. The average Bonchev–Trinajstić information content (AvgIpc) is 3.44. The number of methoxy groups -OCH3 is 1. The number of nitrogens with one attached hydrogen (secondary N) is 3. The van der Waals surface area contributed by atoms with Crippen molar-refractivity contribution >= 4 is 58.9 Å². The van der Waals surface area contributed by atoms with Gasteiger partial charge >= 0.3 is 11.9 Å². The number of aromatic nitrogens is 2. The second kappa shape index (κ2) is 13.1. The largest absolute Gasteiger partial charge is 0.499 e. The number of nitrogens with zero attached hydrogens (tertiary/aromatic N) is 4. The van der Waals surface area contributed by atoms with Gasteiger partial charge in [-0.3, -0.25) is 9.59 Å². The fraction of sp³-hybridized carbons (Fsp3) is 0.300. The van der Waals surface area contributed by atoms with E-state index in [1.807, 2.05) is 18.2 Å². The highest BCUT2D eigenvalue weighted by Crippen LogP contribution is 2.40. The predicted molar refractivity (Wildman–Crippen MR) is 165 cm³/mol. The van der Waals surface area contributed by atoms with E-state index in [0.29, 0.717) is 47.8 Å².